The smallest absolute Gasteiger partial charge is 0.266 e. The van der Waals surface area contributed by atoms with Crippen LogP contribution in [0.5, 0.6) is 0 Å². The largest absolute Gasteiger partial charge is 0.298 e. The number of nitrogens with zero attached hydrogens (tertiary/aromatic N) is 3. The molecule has 0 aliphatic carbocycles. The Balaban J connectivity index is 1.89. The van der Waals surface area contributed by atoms with E-state index in [1.807, 2.05) is 31.2 Å². The van der Waals surface area contributed by atoms with Gasteiger partial charge in [0.2, 0.25) is 0 Å². The number of aryl methyl sites for hydroxylation is 1. The zero-order valence-corrected chi connectivity index (χ0v) is 18.7. The fraction of sp³-hybridized carbons (Fsp3) is 0.0870. The van der Waals surface area contributed by atoms with Gasteiger partial charge in [-0.2, -0.15) is 0 Å². The minimum atomic E-state index is -0.663. The minimum absolute atomic E-state index is 0.000313. The summed E-state index contributed by atoms with van der Waals surface area (Å²) in [5.74, 6) is -1.26. The number of carbonyl (C=O) groups excluding carboxylic acids is 2. The normalized spacial score (nSPS) is 15.3. The molecule has 2 amide bonds. The van der Waals surface area contributed by atoms with Crippen LogP contribution in [-0.4, -0.2) is 37.8 Å². The van der Waals surface area contributed by atoms with Crippen molar-refractivity contribution in [2.75, 3.05) is 6.54 Å². The maximum Gasteiger partial charge on any atom is 0.266 e. The van der Waals surface area contributed by atoms with Crippen LogP contribution in [0.3, 0.4) is 0 Å². The third-order valence-corrected chi connectivity index (χ3v) is 6.09. The van der Waals surface area contributed by atoms with Gasteiger partial charge in [-0.25, -0.2) is 4.98 Å². The van der Waals surface area contributed by atoms with Crippen LogP contribution in [0.2, 0.25) is 0 Å². The lowest BCUT2D eigenvalue weighted by molar-refractivity contribution is -0.128. The first-order valence-corrected chi connectivity index (χ1v) is 10.9. The molecule has 0 atom stereocenters. The van der Waals surface area contributed by atoms with Crippen molar-refractivity contribution in [1.82, 2.24) is 19.6 Å². The number of carbonyl (C=O) groups is 2. The van der Waals surface area contributed by atoms with Gasteiger partial charge in [0.05, 0.1) is 5.56 Å². The fourth-order valence-electron chi connectivity index (χ4n) is 3.13. The van der Waals surface area contributed by atoms with Crippen molar-refractivity contribution >= 4 is 52.6 Å². The summed E-state index contributed by atoms with van der Waals surface area (Å²) < 4.78 is 1.38. The first-order chi connectivity index (χ1) is 15.4. The summed E-state index contributed by atoms with van der Waals surface area (Å²) in [5, 5.41) is 2.88. The van der Waals surface area contributed by atoms with Gasteiger partial charge >= 0.3 is 0 Å². The number of pyridine rings is 1. The van der Waals surface area contributed by atoms with Crippen molar-refractivity contribution in [3.05, 3.63) is 88.4 Å². The lowest BCUT2D eigenvalue weighted by Gasteiger charge is -2.27. The highest BCUT2D eigenvalue weighted by Crippen LogP contribution is 2.30. The van der Waals surface area contributed by atoms with Gasteiger partial charge < -0.3 is 0 Å². The summed E-state index contributed by atoms with van der Waals surface area (Å²) in [5.41, 5.74) is 1.13. The molecule has 3 aromatic rings. The number of thiocarbonyl (C=S) groups is 1. The first-order valence-electron chi connectivity index (χ1n) is 9.64. The molecule has 0 saturated carbocycles. The molecule has 2 aromatic heterocycles. The maximum absolute atomic E-state index is 13.3. The maximum atomic E-state index is 13.3. The standard InChI is InChI=1S/C23H18N4O3S2/c1-3-11-27-21(29)16(19(28)25-23(27)31)13-17-20(32-15-9-7-14(2)8-10-15)24-18-6-4-5-12-26(18)22(17)30/h3-10,12-13H,1,11H2,2H3,(H,25,28,31)/b16-13+. The fourth-order valence-corrected chi connectivity index (χ4v) is 4.28. The zero-order valence-electron chi connectivity index (χ0n) is 17.1. The number of amides is 2. The monoisotopic (exact) mass is 462 g/mol. The minimum Gasteiger partial charge on any atom is -0.298 e. The Morgan fingerprint density at radius 2 is 1.91 bits per heavy atom. The highest BCUT2D eigenvalue weighted by atomic mass is 32.2. The van der Waals surface area contributed by atoms with Gasteiger partial charge in [0.1, 0.15) is 16.2 Å². The molecule has 0 spiro atoms. The van der Waals surface area contributed by atoms with Gasteiger partial charge in [0.15, 0.2) is 5.11 Å². The predicted octanol–water partition coefficient (Wildman–Crippen LogP) is 2.97. The molecule has 3 heterocycles. The van der Waals surface area contributed by atoms with E-state index in [1.54, 1.807) is 24.4 Å². The van der Waals surface area contributed by atoms with Gasteiger partial charge in [-0.3, -0.25) is 29.0 Å². The lowest BCUT2D eigenvalue weighted by Crippen LogP contribution is -2.53. The third kappa shape index (κ3) is 4.12. The molecule has 0 radical (unpaired) electrons. The zero-order chi connectivity index (χ0) is 22.8. The molecule has 1 aliphatic rings. The Morgan fingerprint density at radius 1 is 1.16 bits per heavy atom. The molecule has 1 saturated heterocycles. The van der Waals surface area contributed by atoms with Gasteiger partial charge in [-0.1, -0.05) is 41.6 Å². The first kappa shape index (κ1) is 21.7. The molecule has 1 aromatic carbocycles. The lowest BCUT2D eigenvalue weighted by atomic mass is 10.1. The van der Waals surface area contributed by atoms with E-state index in [0.717, 1.165) is 10.5 Å². The van der Waals surface area contributed by atoms with E-state index in [0.29, 0.717) is 10.7 Å². The van der Waals surface area contributed by atoms with E-state index >= 15 is 0 Å². The van der Waals surface area contributed by atoms with Crippen LogP contribution in [0.1, 0.15) is 11.1 Å². The van der Waals surface area contributed by atoms with Crippen molar-refractivity contribution in [2.24, 2.45) is 0 Å². The molecule has 0 bridgehead atoms. The molecule has 4 rings (SSSR count). The molecule has 7 nitrogen and oxygen atoms in total. The molecular formula is C23H18N4O3S2. The van der Waals surface area contributed by atoms with Crippen LogP contribution in [0.25, 0.3) is 11.7 Å². The van der Waals surface area contributed by atoms with Crippen molar-refractivity contribution in [1.29, 1.82) is 0 Å². The average Bonchev–Trinajstić information content (AvgIpc) is 2.77. The van der Waals surface area contributed by atoms with E-state index in [1.165, 1.54) is 33.2 Å². The van der Waals surface area contributed by atoms with Gasteiger partial charge in [0, 0.05) is 17.6 Å². The summed E-state index contributed by atoms with van der Waals surface area (Å²) in [6.45, 7) is 5.73. The van der Waals surface area contributed by atoms with E-state index < -0.39 is 11.8 Å². The number of aromatic nitrogens is 2. The molecular weight excluding hydrogens is 444 g/mol. The van der Waals surface area contributed by atoms with Crippen molar-refractivity contribution in [3.8, 4) is 0 Å². The van der Waals surface area contributed by atoms with Gasteiger partial charge in [-0.15, -0.1) is 6.58 Å². The molecule has 1 fully saturated rings. The molecule has 0 unspecified atom stereocenters. The predicted molar refractivity (Wildman–Crippen MR) is 127 cm³/mol. The summed E-state index contributed by atoms with van der Waals surface area (Å²) >= 11 is 6.38. The SMILES string of the molecule is C=CCN1C(=O)/C(=C/c2c(Sc3ccc(C)cc3)nc3ccccn3c2=O)C(=O)NC1=S. The Hall–Kier alpha value is -3.56. The molecule has 32 heavy (non-hydrogen) atoms. The van der Waals surface area contributed by atoms with E-state index in [2.05, 4.69) is 16.9 Å². The Morgan fingerprint density at radius 3 is 2.62 bits per heavy atom. The van der Waals surface area contributed by atoms with E-state index in [4.69, 9.17) is 12.2 Å². The molecule has 1 N–H and O–H groups in total. The topological polar surface area (TPSA) is 83.8 Å². The van der Waals surface area contributed by atoms with Crippen molar-refractivity contribution < 1.29 is 9.59 Å². The van der Waals surface area contributed by atoms with Crippen LogP contribution >= 0.6 is 24.0 Å². The van der Waals surface area contributed by atoms with E-state index in [9.17, 15) is 14.4 Å². The van der Waals surface area contributed by atoms with Gasteiger partial charge in [0.25, 0.3) is 17.4 Å². The number of benzene rings is 1. The highest BCUT2D eigenvalue weighted by molar-refractivity contribution is 7.99. The molecule has 9 heteroatoms. The Kier molecular flexibility index (Phi) is 6.02. The summed E-state index contributed by atoms with van der Waals surface area (Å²) in [6, 6.07) is 13.0. The number of hydrogen-bond donors (Lipinski definition) is 1. The summed E-state index contributed by atoms with van der Waals surface area (Å²) in [6.07, 6.45) is 4.39. The number of nitrogens with one attached hydrogen (secondary N) is 1. The highest BCUT2D eigenvalue weighted by Gasteiger charge is 2.33. The quantitative estimate of drug-likeness (QED) is 0.206. The molecule has 1 aliphatic heterocycles. The van der Waals surface area contributed by atoms with Crippen LogP contribution in [0.4, 0.5) is 0 Å². The second-order valence-electron chi connectivity index (χ2n) is 7.00. The summed E-state index contributed by atoms with van der Waals surface area (Å²) in [7, 11) is 0. The van der Waals surface area contributed by atoms with Crippen LogP contribution in [0, 0.1) is 6.92 Å². The second kappa shape index (κ2) is 8.89. The van der Waals surface area contributed by atoms with Crippen molar-refractivity contribution in [2.45, 2.75) is 16.8 Å². The Labute approximate surface area is 193 Å². The number of fused-ring (bicyclic) bond motifs is 1. The molecule has 160 valence electrons. The van der Waals surface area contributed by atoms with E-state index in [-0.39, 0.29) is 28.4 Å². The second-order valence-corrected chi connectivity index (χ2v) is 8.45. The summed E-state index contributed by atoms with van der Waals surface area (Å²) in [4.78, 5) is 45.6. The number of hydrogen-bond acceptors (Lipinski definition) is 6. The van der Waals surface area contributed by atoms with Crippen LogP contribution in [-0.2, 0) is 9.59 Å². The van der Waals surface area contributed by atoms with Crippen LogP contribution in [0.15, 0.2) is 81.6 Å². The van der Waals surface area contributed by atoms with Crippen LogP contribution < -0.4 is 10.9 Å². The van der Waals surface area contributed by atoms with Crippen molar-refractivity contribution in [3.63, 3.8) is 0 Å². The van der Waals surface area contributed by atoms with Gasteiger partial charge in [-0.05, 0) is 49.5 Å². The average molecular weight is 463 g/mol. The number of rotatable bonds is 5. The Bertz CT molecular complexity index is 1360. The third-order valence-electron chi connectivity index (χ3n) is 4.76.